The standard InChI is InChI=1S/C4H7Cl2O4P/c1-3-4(2)8-11(7,9-5)10-6/h3H,1-2H3. The first-order valence-corrected chi connectivity index (χ1v) is 4.69. The Bertz CT molecular complexity index is 185. The highest BCUT2D eigenvalue weighted by Crippen LogP contribution is 2.53. The molecule has 0 N–H and O–H groups in total. The molecule has 0 aliphatic carbocycles. The van der Waals surface area contributed by atoms with E-state index in [4.69, 9.17) is 23.7 Å². The highest BCUT2D eigenvalue weighted by molar-refractivity contribution is 7.50. The highest BCUT2D eigenvalue weighted by atomic mass is 35.5. The van der Waals surface area contributed by atoms with Crippen LogP contribution in [0.1, 0.15) is 13.8 Å². The van der Waals surface area contributed by atoms with E-state index in [-0.39, 0.29) is 0 Å². The van der Waals surface area contributed by atoms with Crippen LogP contribution in [0.3, 0.4) is 0 Å². The number of phosphoric acid groups is 1. The third kappa shape index (κ3) is 3.99. The summed E-state index contributed by atoms with van der Waals surface area (Å²) in [6.45, 7) is 3.24. The Hall–Kier alpha value is 0.270. The van der Waals surface area contributed by atoms with Gasteiger partial charge in [-0.25, -0.2) is 4.57 Å². The number of allylic oxidation sites excluding steroid dienone is 2. The van der Waals surface area contributed by atoms with Gasteiger partial charge in [0.2, 0.25) is 0 Å². The Morgan fingerprint density at radius 3 is 2.18 bits per heavy atom. The lowest BCUT2D eigenvalue weighted by Gasteiger charge is -2.09. The summed E-state index contributed by atoms with van der Waals surface area (Å²) in [5.74, 6) is 0.342. The van der Waals surface area contributed by atoms with Crippen LogP contribution in [-0.2, 0) is 17.2 Å². The van der Waals surface area contributed by atoms with Gasteiger partial charge in [0.1, 0.15) is 5.76 Å². The lowest BCUT2D eigenvalue weighted by molar-refractivity contribution is 0.272. The second-order valence-corrected chi connectivity index (χ2v) is 3.76. The summed E-state index contributed by atoms with van der Waals surface area (Å²) in [4.78, 5) is 0. The zero-order valence-corrected chi connectivity index (χ0v) is 8.32. The fraction of sp³-hybridized carbons (Fsp3) is 0.500. The molecular weight excluding hydrogens is 214 g/mol. The van der Waals surface area contributed by atoms with Crippen LogP contribution < -0.4 is 0 Å². The number of rotatable bonds is 4. The van der Waals surface area contributed by atoms with Crippen LogP contribution in [0.15, 0.2) is 11.8 Å². The normalized spacial score (nSPS) is 13.3. The van der Waals surface area contributed by atoms with Gasteiger partial charge in [0, 0.05) is 0 Å². The predicted molar refractivity (Wildman–Crippen MR) is 42.0 cm³/mol. The van der Waals surface area contributed by atoms with E-state index in [2.05, 4.69) is 12.7 Å². The Labute approximate surface area is 75.0 Å². The molecule has 0 radical (unpaired) electrons. The minimum atomic E-state index is -3.79. The van der Waals surface area contributed by atoms with Gasteiger partial charge in [-0.15, -0.1) is 0 Å². The van der Waals surface area contributed by atoms with Crippen molar-refractivity contribution in [2.75, 3.05) is 0 Å². The summed E-state index contributed by atoms with van der Waals surface area (Å²) < 4.78 is 23.3. The van der Waals surface area contributed by atoms with Crippen LogP contribution in [0.25, 0.3) is 0 Å². The lowest BCUT2D eigenvalue weighted by Crippen LogP contribution is -1.87. The van der Waals surface area contributed by atoms with Crippen LogP contribution >= 0.6 is 31.6 Å². The van der Waals surface area contributed by atoms with Gasteiger partial charge in [-0.3, -0.25) is 0 Å². The van der Waals surface area contributed by atoms with Gasteiger partial charge < -0.3 is 4.52 Å². The second-order valence-electron chi connectivity index (χ2n) is 1.58. The zero-order valence-electron chi connectivity index (χ0n) is 5.91. The maximum Gasteiger partial charge on any atom is 0.563 e. The summed E-state index contributed by atoms with van der Waals surface area (Å²) in [5.41, 5.74) is 0. The number of hydrogen-bond acceptors (Lipinski definition) is 4. The average molecular weight is 221 g/mol. The van der Waals surface area contributed by atoms with Gasteiger partial charge in [0.15, 0.2) is 0 Å². The van der Waals surface area contributed by atoms with Gasteiger partial charge in [0.05, 0.1) is 23.7 Å². The van der Waals surface area contributed by atoms with E-state index in [1.807, 2.05) is 0 Å². The lowest BCUT2D eigenvalue weighted by atomic mass is 10.5. The van der Waals surface area contributed by atoms with E-state index in [9.17, 15) is 4.57 Å². The van der Waals surface area contributed by atoms with Crippen molar-refractivity contribution >= 4 is 31.6 Å². The van der Waals surface area contributed by atoms with E-state index in [1.54, 1.807) is 19.9 Å². The molecule has 4 nitrogen and oxygen atoms in total. The highest BCUT2D eigenvalue weighted by Gasteiger charge is 2.28. The van der Waals surface area contributed by atoms with Gasteiger partial charge >= 0.3 is 7.82 Å². The first kappa shape index (κ1) is 11.3. The summed E-state index contributed by atoms with van der Waals surface area (Å²) in [7, 11) is -3.79. The van der Waals surface area contributed by atoms with Gasteiger partial charge in [-0.1, -0.05) is 0 Å². The predicted octanol–water partition coefficient (Wildman–Crippen LogP) is 3.38. The molecule has 11 heavy (non-hydrogen) atoms. The molecular formula is C4H7Cl2O4P. The maximum absolute atomic E-state index is 10.9. The largest absolute Gasteiger partial charge is 0.563 e. The summed E-state index contributed by atoms with van der Waals surface area (Å²) >= 11 is 9.57. The molecule has 0 rings (SSSR count). The van der Waals surface area contributed by atoms with E-state index in [0.29, 0.717) is 5.76 Å². The van der Waals surface area contributed by atoms with Crippen molar-refractivity contribution in [3.63, 3.8) is 0 Å². The molecule has 0 atom stereocenters. The van der Waals surface area contributed by atoms with Crippen LogP contribution in [-0.4, -0.2) is 0 Å². The van der Waals surface area contributed by atoms with Crippen molar-refractivity contribution in [1.29, 1.82) is 0 Å². The zero-order chi connectivity index (χ0) is 8.91. The smallest absolute Gasteiger partial charge is 0.408 e. The van der Waals surface area contributed by atoms with E-state index < -0.39 is 7.82 Å². The fourth-order valence-corrected chi connectivity index (χ4v) is 1.23. The average Bonchev–Trinajstić information content (AvgIpc) is 2.04. The Morgan fingerprint density at radius 2 is 1.91 bits per heavy atom. The molecule has 0 aliphatic heterocycles. The van der Waals surface area contributed by atoms with Crippen LogP contribution in [0.2, 0.25) is 0 Å². The van der Waals surface area contributed by atoms with Crippen LogP contribution in [0, 0.1) is 0 Å². The fourth-order valence-electron chi connectivity index (χ4n) is 0.268. The number of halogens is 2. The molecule has 0 unspecified atom stereocenters. The summed E-state index contributed by atoms with van der Waals surface area (Å²) in [5, 5.41) is 0. The molecule has 7 heteroatoms. The molecule has 0 aromatic heterocycles. The van der Waals surface area contributed by atoms with Crippen molar-refractivity contribution in [2.24, 2.45) is 0 Å². The second kappa shape index (κ2) is 5.01. The molecule has 0 spiro atoms. The molecule has 0 saturated carbocycles. The van der Waals surface area contributed by atoms with Crippen molar-refractivity contribution < 1.29 is 17.2 Å². The first-order chi connectivity index (χ1) is 5.08. The van der Waals surface area contributed by atoms with Gasteiger partial charge in [0.25, 0.3) is 0 Å². The van der Waals surface area contributed by atoms with Gasteiger partial charge in [-0.05, 0) is 19.9 Å². The van der Waals surface area contributed by atoms with E-state index >= 15 is 0 Å². The molecule has 0 aliphatic rings. The summed E-state index contributed by atoms with van der Waals surface area (Å²) in [6, 6.07) is 0. The Morgan fingerprint density at radius 1 is 1.45 bits per heavy atom. The summed E-state index contributed by atoms with van der Waals surface area (Å²) in [6.07, 6.45) is 1.55. The third-order valence-electron chi connectivity index (χ3n) is 0.831. The Balaban J connectivity index is 4.20. The molecule has 0 saturated heterocycles. The molecule has 0 bridgehead atoms. The van der Waals surface area contributed by atoms with Crippen molar-refractivity contribution in [3.05, 3.63) is 11.8 Å². The minimum absolute atomic E-state index is 0.342. The van der Waals surface area contributed by atoms with Crippen LogP contribution in [0.5, 0.6) is 0 Å². The first-order valence-electron chi connectivity index (χ1n) is 2.61. The van der Waals surface area contributed by atoms with Crippen molar-refractivity contribution in [3.8, 4) is 0 Å². The maximum atomic E-state index is 10.9. The molecule has 0 amide bonds. The van der Waals surface area contributed by atoms with Crippen molar-refractivity contribution in [1.82, 2.24) is 0 Å². The van der Waals surface area contributed by atoms with Crippen molar-refractivity contribution in [2.45, 2.75) is 13.8 Å². The third-order valence-corrected chi connectivity index (χ3v) is 2.70. The topological polar surface area (TPSA) is 44.8 Å². The molecule has 0 aromatic carbocycles. The molecule has 0 aromatic rings. The number of hydrogen-bond donors (Lipinski definition) is 0. The van der Waals surface area contributed by atoms with Crippen LogP contribution in [0.4, 0.5) is 0 Å². The molecule has 66 valence electrons. The quantitative estimate of drug-likeness (QED) is 0.539. The Kier molecular flexibility index (Phi) is 5.13. The molecule has 0 fully saturated rings. The molecule has 0 heterocycles. The van der Waals surface area contributed by atoms with E-state index in [0.717, 1.165) is 0 Å². The van der Waals surface area contributed by atoms with Gasteiger partial charge in [-0.2, -0.15) is 8.15 Å². The van der Waals surface area contributed by atoms with E-state index in [1.165, 1.54) is 0 Å². The SMILES string of the molecule is CC=C(C)OP(=O)(OCl)OCl. The monoisotopic (exact) mass is 220 g/mol. The minimum Gasteiger partial charge on any atom is -0.408 e.